The molecule has 0 radical (unpaired) electrons. The molecule has 2 bridgehead atoms. The summed E-state index contributed by atoms with van der Waals surface area (Å²) >= 11 is 0. The second-order valence-electron chi connectivity index (χ2n) is 4.48. The van der Waals surface area contributed by atoms with Crippen molar-refractivity contribution in [2.75, 3.05) is 0 Å². The Bertz CT molecular complexity index is 321. The summed E-state index contributed by atoms with van der Waals surface area (Å²) < 4.78 is 11.0. The second kappa shape index (κ2) is 3.40. The van der Waals surface area contributed by atoms with Crippen molar-refractivity contribution in [3.63, 3.8) is 0 Å². The van der Waals surface area contributed by atoms with Crippen molar-refractivity contribution in [1.29, 1.82) is 0 Å². The Labute approximate surface area is 89.8 Å². The van der Waals surface area contributed by atoms with Crippen LogP contribution in [0.25, 0.3) is 0 Å². The molecule has 1 aliphatic carbocycles. The molecule has 2 aliphatic rings. The third-order valence-electron chi connectivity index (χ3n) is 3.42. The molecule has 0 aromatic carbocycles. The largest absolute Gasteiger partial charge is 0.491 e. The Morgan fingerprint density at radius 3 is 3.13 bits per heavy atom. The zero-order valence-corrected chi connectivity index (χ0v) is 8.99. The van der Waals surface area contributed by atoms with Gasteiger partial charge in [-0.15, -0.1) is 0 Å². The van der Waals surface area contributed by atoms with E-state index < -0.39 is 5.60 Å². The summed E-state index contributed by atoms with van der Waals surface area (Å²) in [5.41, 5.74) is -0.513. The predicted molar refractivity (Wildman–Crippen MR) is 56.0 cm³/mol. The van der Waals surface area contributed by atoms with Gasteiger partial charge in [0.05, 0.1) is 5.76 Å². The van der Waals surface area contributed by atoms with E-state index in [1.165, 1.54) is 6.08 Å². The van der Waals surface area contributed by atoms with Gasteiger partial charge in [0.2, 0.25) is 0 Å². The number of carbonyl (C=O) groups excluding carboxylic acids is 1. The molecule has 2 fully saturated rings. The molecular weight excluding hydrogens is 192 g/mol. The van der Waals surface area contributed by atoms with E-state index in [2.05, 4.69) is 13.2 Å². The van der Waals surface area contributed by atoms with Gasteiger partial charge < -0.3 is 9.47 Å². The zero-order valence-electron chi connectivity index (χ0n) is 8.99. The summed E-state index contributed by atoms with van der Waals surface area (Å²) in [5.74, 6) is 0.918. The van der Waals surface area contributed by atoms with E-state index in [1.54, 1.807) is 0 Å². The lowest BCUT2D eigenvalue weighted by atomic mass is 9.79. The first-order valence-electron chi connectivity index (χ1n) is 5.26. The Hall–Kier alpha value is -1.25. The molecule has 3 unspecified atom stereocenters. The van der Waals surface area contributed by atoms with Gasteiger partial charge in [-0.25, -0.2) is 4.79 Å². The van der Waals surface area contributed by atoms with Gasteiger partial charge in [-0.3, -0.25) is 0 Å². The SMILES string of the molecule is C=CC(=O)OC1(C)CCC2CC1OC2=C. The molecule has 3 nitrogen and oxygen atoms in total. The highest BCUT2D eigenvalue weighted by atomic mass is 16.6. The first kappa shape index (κ1) is 10.3. The van der Waals surface area contributed by atoms with Gasteiger partial charge in [-0.1, -0.05) is 13.2 Å². The van der Waals surface area contributed by atoms with Crippen molar-refractivity contribution in [1.82, 2.24) is 0 Å². The van der Waals surface area contributed by atoms with Crippen LogP contribution in [-0.4, -0.2) is 17.7 Å². The van der Waals surface area contributed by atoms with Crippen molar-refractivity contribution in [2.24, 2.45) is 5.92 Å². The van der Waals surface area contributed by atoms with Crippen LogP contribution in [0.2, 0.25) is 0 Å². The average molecular weight is 208 g/mol. The van der Waals surface area contributed by atoms with Gasteiger partial charge in [0.1, 0.15) is 11.7 Å². The number of esters is 1. The highest BCUT2D eigenvalue weighted by Crippen LogP contribution is 2.46. The summed E-state index contributed by atoms with van der Waals surface area (Å²) in [6.45, 7) is 9.20. The number of rotatable bonds is 2. The molecule has 3 atom stereocenters. The zero-order chi connectivity index (χ0) is 11.1. The highest BCUT2D eigenvalue weighted by Gasteiger charge is 2.49. The topological polar surface area (TPSA) is 35.5 Å². The van der Waals surface area contributed by atoms with Crippen LogP contribution in [0, 0.1) is 5.92 Å². The van der Waals surface area contributed by atoms with Crippen molar-refractivity contribution < 1.29 is 14.3 Å². The first-order valence-corrected chi connectivity index (χ1v) is 5.26. The van der Waals surface area contributed by atoms with Gasteiger partial charge in [0.25, 0.3) is 0 Å². The molecule has 0 spiro atoms. The molecule has 3 heteroatoms. The monoisotopic (exact) mass is 208 g/mol. The molecule has 1 saturated carbocycles. The fraction of sp³-hybridized carbons (Fsp3) is 0.583. The Morgan fingerprint density at radius 1 is 1.73 bits per heavy atom. The molecule has 2 rings (SSSR count). The Kier molecular flexibility index (Phi) is 2.33. The normalized spacial score (nSPS) is 38.3. The fourth-order valence-electron chi connectivity index (χ4n) is 2.38. The van der Waals surface area contributed by atoms with Crippen LogP contribution in [0.4, 0.5) is 0 Å². The molecule has 82 valence electrons. The molecule has 1 heterocycles. The maximum atomic E-state index is 11.2. The number of ether oxygens (including phenoxy) is 2. The minimum atomic E-state index is -0.513. The van der Waals surface area contributed by atoms with Crippen LogP contribution in [0.3, 0.4) is 0 Å². The lowest BCUT2D eigenvalue weighted by molar-refractivity contribution is -0.166. The lowest BCUT2D eigenvalue weighted by Crippen LogP contribution is -2.45. The highest BCUT2D eigenvalue weighted by molar-refractivity contribution is 5.81. The van der Waals surface area contributed by atoms with Gasteiger partial charge in [-0.2, -0.15) is 0 Å². The predicted octanol–water partition coefficient (Wildman–Crippen LogP) is 2.19. The number of carbonyl (C=O) groups is 1. The van der Waals surface area contributed by atoms with E-state index in [1.807, 2.05) is 6.92 Å². The van der Waals surface area contributed by atoms with E-state index in [0.717, 1.165) is 25.0 Å². The molecule has 1 aliphatic heterocycles. The van der Waals surface area contributed by atoms with Gasteiger partial charge in [-0.05, 0) is 26.2 Å². The standard InChI is InChI=1S/C12H16O3/c1-4-11(13)15-12(3)6-5-9-7-10(12)14-8(9)2/h4,9-10H,1-2,5-7H2,3H3. The summed E-state index contributed by atoms with van der Waals surface area (Å²) in [6.07, 6.45) is 3.89. The van der Waals surface area contributed by atoms with E-state index in [9.17, 15) is 4.79 Å². The lowest BCUT2D eigenvalue weighted by Gasteiger charge is -2.36. The quantitative estimate of drug-likeness (QED) is 0.515. The maximum absolute atomic E-state index is 11.2. The van der Waals surface area contributed by atoms with Crippen LogP contribution in [0.5, 0.6) is 0 Å². The van der Waals surface area contributed by atoms with E-state index in [-0.39, 0.29) is 12.1 Å². The summed E-state index contributed by atoms with van der Waals surface area (Å²) in [7, 11) is 0. The van der Waals surface area contributed by atoms with E-state index >= 15 is 0 Å². The summed E-state index contributed by atoms with van der Waals surface area (Å²) in [6, 6.07) is 0. The van der Waals surface area contributed by atoms with E-state index in [4.69, 9.17) is 9.47 Å². The van der Waals surface area contributed by atoms with Gasteiger partial charge in [0, 0.05) is 12.0 Å². The molecule has 1 saturated heterocycles. The number of hydrogen-bond acceptors (Lipinski definition) is 3. The van der Waals surface area contributed by atoms with Crippen molar-refractivity contribution in [2.45, 2.75) is 37.9 Å². The molecule has 0 aromatic rings. The number of hydrogen-bond donors (Lipinski definition) is 0. The summed E-state index contributed by atoms with van der Waals surface area (Å²) in [4.78, 5) is 11.2. The molecule has 0 aromatic heterocycles. The minimum absolute atomic E-state index is 0.0346. The Balaban J connectivity index is 2.12. The van der Waals surface area contributed by atoms with Crippen LogP contribution in [0.1, 0.15) is 26.2 Å². The van der Waals surface area contributed by atoms with Crippen molar-refractivity contribution >= 4 is 5.97 Å². The fourth-order valence-corrected chi connectivity index (χ4v) is 2.38. The molecule has 0 N–H and O–H groups in total. The minimum Gasteiger partial charge on any atom is -0.491 e. The Morgan fingerprint density at radius 2 is 2.47 bits per heavy atom. The molecular formula is C12H16O3. The van der Waals surface area contributed by atoms with Crippen molar-refractivity contribution in [3.05, 3.63) is 25.0 Å². The van der Waals surface area contributed by atoms with Crippen molar-refractivity contribution in [3.8, 4) is 0 Å². The summed E-state index contributed by atoms with van der Waals surface area (Å²) in [5, 5.41) is 0. The van der Waals surface area contributed by atoms with Crippen LogP contribution >= 0.6 is 0 Å². The molecule has 15 heavy (non-hydrogen) atoms. The first-order chi connectivity index (χ1) is 7.05. The number of allylic oxidation sites excluding steroid dienone is 1. The average Bonchev–Trinajstić information content (AvgIpc) is 2.52. The maximum Gasteiger partial charge on any atom is 0.330 e. The smallest absolute Gasteiger partial charge is 0.330 e. The third kappa shape index (κ3) is 1.66. The van der Waals surface area contributed by atoms with Crippen LogP contribution in [-0.2, 0) is 14.3 Å². The van der Waals surface area contributed by atoms with E-state index in [0.29, 0.717) is 5.92 Å². The second-order valence-corrected chi connectivity index (χ2v) is 4.48. The molecule has 0 amide bonds. The van der Waals surface area contributed by atoms with Crippen LogP contribution < -0.4 is 0 Å². The van der Waals surface area contributed by atoms with Crippen LogP contribution in [0.15, 0.2) is 25.0 Å². The third-order valence-corrected chi connectivity index (χ3v) is 3.42. The number of fused-ring (bicyclic) bond motifs is 2. The van der Waals surface area contributed by atoms with Gasteiger partial charge >= 0.3 is 5.97 Å². The van der Waals surface area contributed by atoms with Gasteiger partial charge in [0.15, 0.2) is 0 Å².